The summed E-state index contributed by atoms with van der Waals surface area (Å²) in [5, 5.41) is 12.9. The molecule has 98 valence electrons. The molecule has 0 unspecified atom stereocenters. The standard InChI is InChI=1S/C12H22ClN3O/c1-4-5-6-10-15-9(11(13)16-10)7-14-12(2,3)8-17/h14,17H,4-8H2,1-3H3,(H,15,16). The summed E-state index contributed by atoms with van der Waals surface area (Å²) in [5.41, 5.74) is 0.581. The summed E-state index contributed by atoms with van der Waals surface area (Å²) >= 11 is 6.05. The van der Waals surface area contributed by atoms with Gasteiger partial charge in [-0.15, -0.1) is 0 Å². The maximum Gasteiger partial charge on any atom is 0.151 e. The maximum absolute atomic E-state index is 9.14. The molecule has 1 rings (SSSR count). The third kappa shape index (κ3) is 4.66. The van der Waals surface area contributed by atoms with E-state index in [1.807, 2.05) is 13.8 Å². The van der Waals surface area contributed by atoms with Gasteiger partial charge in [-0.2, -0.15) is 0 Å². The average Bonchev–Trinajstić information content (AvgIpc) is 2.65. The second kappa shape index (κ2) is 6.38. The van der Waals surface area contributed by atoms with Crippen LogP contribution in [0.5, 0.6) is 0 Å². The van der Waals surface area contributed by atoms with Gasteiger partial charge in [0.25, 0.3) is 0 Å². The number of H-pyrrole nitrogens is 1. The molecule has 0 atom stereocenters. The highest BCUT2D eigenvalue weighted by Crippen LogP contribution is 2.15. The van der Waals surface area contributed by atoms with Crippen LogP contribution in [0.1, 0.15) is 45.1 Å². The second-order valence-electron chi connectivity index (χ2n) is 4.95. The van der Waals surface area contributed by atoms with E-state index in [0.717, 1.165) is 30.8 Å². The monoisotopic (exact) mass is 259 g/mol. The first-order chi connectivity index (χ1) is 7.98. The number of hydrogen-bond donors (Lipinski definition) is 3. The quantitative estimate of drug-likeness (QED) is 0.704. The van der Waals surface area contributed by atoms with E-state index in [-0.39, 0.29) is 12.1 Å². The third-order valence-corrected chi connectivity index (χ3v) is 3.00. The summed E-state index contributed by atoms with van der Waals surface area (Å²) < 4.78 is 0. The van der Waals surface area contributed by atoms with Crippen LogP contribution in [-0.4, -0.2) is 27.2 Å². The fourth-order valence-corrected chi connectivity index (χ4v) is 1.62. The normalized spacial score (nSPS) is 12.1. The summed E-state index contributed by atoms with van der Waals surface area (Å²) in [5.74, 6) is 0.940. The number of aromatic amines is 1. The van der Waals surface area contributed by atoms with Crippen LogP contribution in [0.15, 0.2) is 0 Å². The van der Waals surface area contributed by atoms with E-state index in [2.05, 4.69) is 22.2 Å². The van der Waals surface area contributed by atoms with E-state index in [0.29, 0.717) is 11.7 Å². The molecule has 1 heterocycles. The SMILES string of the molecule is CCCCc1nc(Cl)c(CNC(C)(C)CO)[nH]1. The van der Waals surface area contributed by atoms with E-state index in [1.54, 1.807) is 0 Å². The third-order valence-electron chi connectivity index (χ3n) is 2.68. The van der Waals surface area contributed by atoms with Crippen molar-refractivity contribution in [1.82, 2.24) is 15.3 Å². The van der Waals surface area contributed by atoms with Gasteiger partial charge in [0.2, 0.25) is 0 Å². The zero-order chi connectivity index (χ0) is 12.9. The molecular formula is C12H22ClN3O. The fourth-order valence-electron chi connectivity index (χ4n) is 1.40. The van der Waals surface area contributed by atoms with Crippen molar-refractivity contribution in [1.29, 1.82) is 0 Å². The van der Waals surface area contributed by atoms with E-state index >= 15 is 0 Å². The Morgan fingerprint density at radius 3 is 2.76 bits per heavy atom. The van der Waals surface area contributed by atoms with Gasteiger partial charge in [-0.05, 0) is 20.3 Å². The molecule has 3 N–H and O–H groups in total. The minimum absolute atomic E-state index is 0.0848. The first kappa shape index (κ1) is 14.5. The Balaban J connectivity index is 2.56. The molecule has 1 aromatic heterocycles. The predicted octanol–water partition coefficient (Wildman–Crippen LogP) is 2.27. The van der Waals surface area contributed by atoms with Crippen molar-refractivity contribution in [2.24, 2.45) is 0 Å². The molecule has 0 amide bonds. The van der Waals surface area contributed by atoms with Crippen LogP contribution in [-0.2, 0) is 13.0 Å². The number of aliphatic hydroxyl groups excluding tert-OH is 1. The zero-order valence-electron chi connectivity index (χ0n) is 10.8. The topological polar surface area (TPSA) is 60.9 Å². The van der Waals surface area contributed by atoms with Gasteiger partial charge >= 0.3 is 0 Å². The molecular weight excluding hydrogens is 238 g/mol. The van der Waals surface area contributed by atoms with Crippen LogP contribution < -0.4 is 5.32 Å². The van der Waals surface area contributed by atoms with E-state index in [9.17, 15) is 0 Å². The molecule has 0 saturated heterocycles. The van der Waals surface area contributed by atoms with E-state index in [1.165, 1.54) is 0 Å². The van der Waals surface area contributed by atoms with Gasteiger partial charge in [-0.25, -0.2) is 4.98 Å². The number of aliphatic hydroxyl groups is 1. The molecule has 4 nitrogen and oxygen atoms in total. The Bertz CT molecular complexity index is 350. The van der Waals surface area contributed by atoms with Crippen molar-refractivity contribution < 1.29 is 5.11 Å². The highest BCUT2D eigenvalue weighted by atomic mass is 35.5. The van der Waals surface area contributed by atoms with Crippen LogP contribution in [0.4, 0.5) is 0 Å². The lowest BCUT2D eigenvalue weighted by atomic mass is 10.1. The average molecular weight is 260 g/mol. The van der Waals surface area contributed by atoms with Gasteiger partial charge in [0, 0.05) is 18.5 Å². The molecule has 0 spiro atoms. The number of hydrogen-bond acceptors (Lipinski definition) is 3. The van der Waals surface area contributed by atoms with Crippen molar-refractivity contribution in [2.45, 2.75) is 52.1 Å². The summed E-state index contributed by atoms with van der Waals surface area (Å²) in [6.45, 7) is 6.70. The Morgan fingerprint density at radius 2 is 2.18 bits per heavy atom. The molecule has 0 aromatic carbocycles. The molecule has 0 bridgehead atoms. The fraction of sp³-hybridized carbons (Fsp3) is 0.750. The van der Waals surface area contributed by atoms with Gasteiger partial charge in [0.15, 0.2) is 5.15 Å². The van der Waals surface area contributed by atoms with Crippen molar-refractivity contribution in [3.8, 4) is 0 Å². The van der Waals surface area contributed by atoms with E-state index in [4.69, 9.17) is 16.7 Å². The van der Waals surface area contributed by atoms with Crippen LogP contribution in [0, 0.1) is 0 Å². The first-order valence-electron chi connectivity index (χ1n) is 6.07. The van der Waals surface area contributed by atoms with Gasteiger partial charge < -0.3 is 15.4 Å². The number of rotatable bonds is 7. The zero-order valence-corrected chi connectivity index (χ0v) is 11.6. The van der Waals surface area contributed by atoms with Crippen LogP contribution in [0.2, 0.25) is 5.15 Å². The number of nitrogens with zero attached hydrogens (tertiary/aromatic N) is 1. The molecule has 17 heavy (non-hydrogen) atoms. The molecule has 5 heteroatoms. The van der Waals surface area contributed by atoms with Crippen molar-refractivity contribution in [3.05, 3.63) is 16.7 Å². The van der Waals surface area contributed by atoms with Gasteiger partial charge in [0.1, 0.15) is 5.82 Å². The molecule has 0 saturated carbocycles. The number of aryl methyl sites for hydroxylation is 1. The number of aromatic nitrogens is 2. The summed E-state index contributed by atoms with van der Waals surface area (Å²) in [6, 6.07) is 0. The summed E-state index contributed by atoms with van der Waals surface area (Å²) in [4.78, 5) is 7.51. The Kier molecular flexibility index (Phi) is 5.43. The lowest BCUT2D eigenvalue weighted by Crippen LogP contribution is -2.42. The van der Waals surface area contributed by atoms with E-state index < -0.39 is 0 Å². The van der Waals surface area contributed by atoms with Crippen LogP contribution in [0.25, 0.3) is 0 Å². The summed E-state index contributed by atoms with van der Waals surface area (Å²) in [7, 11) is 0. The molecule has 0 aliphatic rings. The van der Waals surface area contributed by atoms with Gasteiger partial charge in [0.05, 0.1) is 12.3 Å². The number of nitrogens with one attached hydrogen (secondary N) is 2. The highest BCUT2D eigenvalue weighted by molar-refractivity contribution is 6.30. The van der Waals surface area contributed by atoms with Crippen molar-refractivity contribution in [3.63, 3.8) is 0 Å². The van der Waals surface area contributed by atoms with Gasteiger partial charge in [-0.3, -0.25) is 0 Å². The second-order valence-corrected chi connectivity index (χ2v) is 5.31. The minimum Gasteiger partial charge on any atom is -0.394 e. The molecule has 1 aromatic rings. The number of unbranched alkanes of at least 4 members (excludes halogenated alkanes) is 1. The molecule has 0 radical (unpaired) electrons. The Labute approximate surface area is 108 Å². The van der Waals surface area contributed by atoms with Crippen molar-refractivity contribution in [2.75, 3.05) is 6.61 Å². The molecule has 0 aliphatic heterocycles. The largest absolute Gasteiger partial charge is 0.394 e. The van der Waals surface area contributed by atoms with Crippen LogP contribution >= 0.6 is 11.6 Å². The lowest BCUT2D eigenvalue weighted by molar-refractivity contribution is 0.187. The highest BCUT2D eigenvalue weighted by Gasteiger charge is 2.17. The Hall–Kier alpha value is -0.580. The summed E-state index contributed by atoms with van der Waals surface area (Å²) in [6.07, 6.45) is 3.18. The minimum atomic E-state index is -0.308. The van der Waals surface area contributed by atoms with Gasteiger partial charge in [-0.1, -0.05) is 24.9 Å². The first-order valence-corrected chi connectivity index (χ1v) is 6.45. The molecule has 0 fully saturated rings. The van der Waals surface area contributed by atoms with Crippen molar-refractivity contribution >= 4 is 11.6 Å². The van der Waals surface area contributed by atoms with Crippen LogP contribution in [0.3, 0.4) is 0 Å². The predicted molar refractivity (Wildman–Crippen MR) is 70.2 cm³/mol. The number of imidazole rings is 1. The smallest absolute Gasteiger partial charge is 0.151 e. The number of halogens is 1. The maximum atomic E-state index is 9.14. The Morgan fingerprint density at radius 1 is 1.47 bits per heavy atom. The molecule has 0 aliphatic carbocycles. The lowest BCUT2D eigenvalue weighted by Gasteiger charge is -2.23.